The molecule has 2 aliphatic rings. The van der Waals surface area contributed by atoms with Crippen molar-refractivity contribution in [3.63, 3.8) is 0 Å². The van der Waals surface area contributed by atoms with Gasteiger partial charge in [0.1, 0.15) is 12.6 Å². The molecule has 1 N–H and O–H groups in total. The van der Waals surface area contributed by atoms with Gasteiger partial charge in [0.05, 0.1) is 0 Å². The van der Waals surface area contributed by atoms with Crippen LogP contribution in [-0.4, -0.2) is 41.3 Å². The highest BCUT2D eigenvalue weighted by atomic mass is 16.6. The van der Waals surface area contributed by atoms with Gasteiger partial charge in [0.15, 0.2) is 0 Å². The van der Waals surface area contributed by atoms with E-state index in [1.807, 2.05) is 54.6 Å². The number of piperidine rings is 1. The van der Waals surface area contributed by atoms with Gasteiger partial charge in [-0.05, 0) is 40.7 Å². The van der Waals surface area contributed by atoms with E-state index in [0.29, 0.717) is 13.0 Å². The lowest BCUT2D eigenvalue weighted by Gasteiger charge is -2.37. The molecule has 5 nitrogen and oxygen atoms in total. The highest BCUT2D eigenvalue weighted by Crippen LogP contribution is 2.44. The maximum Gasteiger partial charge on any atom is 0.410 e. The van der Waals surface area contributed by atoms with E-state index in [9.17, 15) is 14.7 Å². The first-order valence-electron chi connectivity index (χ1n) is 11.0. The summed E-state index contributed by atoms with van der Waals surface area (Å²) >= 11 is 0. The number of aliphatic carboxylic acids is 1. The molecule has 5 heteroatoms. The first-order chi connectivity index (χ1) is 15.6. The minimum atomic E-state index is -0.981. The maximum atomic E-state index is 13.1. The van der Waals surface area contributed by atoms with E-state index in [2.05, 4.69) is 24.3 Å². The van der Waals surface area contributed by atoms with Crippen molar-refractivity contribution in [3.8, 4) is 11.1 Å². The third-order valence-electron chi connectivity index (χ3n) is 6.71. The lowest BCUT2D eigenvalue weighted by molar-refractivity contribution is -0.144. The van der Waals surface area contributed by atoms with Crippen LogP contribution in [0, 0.1) is 0 Å². The first kappa shape index (κ1) is 20.3. The van der Waals surface area contributed by atoms with Gasteiger partial charge in [-0.2, -0.15) is 0 Å². The van der Waals surface area contributed by atoms with Gasteiger partial charge in [-0.15, -0.1) is 0 Å². The molecule has 1 aliphatic heterocycles. The number of ether oxygens (including phenoxy) is 1. The average Bonchev–Trinajstić information content (AvgIpc) is 3.16. The van der Waals surface area contributed by atoms with Crippen molar-refractivity contribution in [2.75, 3.05) is 13.2 Å². The van der Waals surface area contributed by atoms with Crippen LogP contribution in [0.1, 0.15) is 41.4 Å². The molecule has 1 amide bonds. The Labute approximate surface area is 187 Å². The zero-order chi connectivity index (χ0) is 22.1. The molecule has 162 valence electrons. The molecule has 32 heavy (non-hydrogen) atoms. The van der Waals surface area contributed by atoms with Crippen LogP contribution in [-0.2, 0) is 9.53 Å². The SMILES string of the molecule is O=C(O)[C@@H]1CC[C@H](c2ccccc2)CN1C(=O)OCC1c2ccccc2-c2ccccc21. The van der Waals surface area contributed by atoms with Crippen molar-refractivity contribution < 1.29 is 19.4 Å². The molecule has 1 aliphatic carbocycles. The number of likely N-dealkylation sites (tertiary alicyclic amines) is 1. The zero-order valence-electron chi connectivity index (χ0n) is 17.7. The number of fused-ring (bicyclic) bond motifs is 3. The fraction of sp³-hybridized carbons (Fsp3) is 0.259. The van der Waals surface area contributed by atoms with E-state index in [-0.39, 0.29) is 18.4 Å². The van der Waals surface area contributed by atoms with E-state index in [1.54, 1.807) is 0 Å². The van der Waals surface area contributed by atoms with Crippen LogP contribution in [0.5, 0.6) is 0 Å². The van der Waals surface area contributed by atoms with Crippen molar-refractivity contribution in [2.24, 2.45) is 0 Å². The second-order valence-corrected chi connectivity index (χ2v) is 8.50. The van der Waals surface area contributed by atoms with Crippen LogP contribution in [0.4, 0.5) is 4.79 Å². The van der Waals surface area contributed by atoms with Crippen molar-refractivity contribution >= 4 is 12.1 Å². The summed E-state index contributed by atoms with van der Waals surface area (Å²) in [7, 11) is 0. The van der Waals surface area contributed by atoms with E-state index in [4.69, 9.17) is 4.74 Å². The molecule has 1 fully saturated rings. The molecular weight excluding hydrogens is 402 g/mol. The Bertz CT molecular complexity index is 1100. The van der Waals surface area contributed by atoms with Gasteiger partial charge >= 0.3 is 12.1 Å². The number of carbonyl (C=O) groups excluding carboxylic acids is 1. The highest BCUT2D eigenvalue weighted by Gasteiger charge is 2.38. The number of benzene rings is 3. The number of hydrogen-bond donors (Lipinski definition) is 1. The number of hydrogen-bond acceptors (Lipinski definition) is 3. The summed E-state index contributed by atoms with van der Waals surface area (Å²) < 4.78 is 5.77. The predicted octanol–water partition coefficient (Wildman–Crippen LogP) is 5.27. The third-order valence-corrected chi connectivity index (χ3v) is 6.71. The second-order valence-electron chi connectivity index (χ2n) is 8.50. The average molecular weight is 428 g/mol. The molecule has 0 unspecified atom stereocenters. The van der Waals surface area contributed by atoms with E-state index in [0.717, 1.165) is 34.2 Å². The summed E-state index contributed by atoms with van der Waals surface area (Å²) in [6.07, 6.45) is 0.590. The molecule has 0 bridgehead atoms. The number of rotatable bonds is 4. The molecule has 0 saturated carbocycles. The fourth-order valence-corrected chi connectivity index (χ4v) is 5.10. The predicted molar refractivity (Wildman–Crippen MR) is 122 cm³/mol. The summed E-state index contributed by atoms with van der Waals surface area (Å²) in [5.41, 5.74) is 5.71. The summed E-state index contributed by atoms with van der Waals surface area (Å²) in [6.45, 7) is 0.531. The van der Waals surface area contributed by atoms with Crippen LogP contribution >= 0.6 is 0 Å². The first-order valence-corrected chi connectivity index (χ1v) is 11.0. The molecule has 1 saturated heterocycles. The second kappa shape index (κ2) is 8.50. The Hall–Kier alpha value is -3.60. The van der Waals surface area contributed by atoms with Crippen molar-refractivity contribution in [3.05, 3.63) is 95.6 Å². The largest absolute Gasteiger partial charge is 0.480 e. The van der Waals surface area contributed by atoms with Gasteiger partial charge in [0.25, 0.3) is 0 Å². The van der Waals surface area contributed by atoms with E-state index in [1.165, 1.54) is 4.90 Å². The standard InChI is InChI=1S/C27H25NO4/c29-26(30)25-15-14-19(18-8-2-1-3-9-18)16-28(25)27(31)32-17-24-22-12-6-4-10-20(22)21-11-5-7-13-23(21)24/h1-13,19,24-25H,14-17H2,(H,29,30)/t19-,25-/m0/s1. The third kappa shape index (κ3) is 3.64. The number of carboxylic acid groups (broad SMARTS) is 1. The zero-order valence-corrected chi connectivity index (χ0v) is 17.7. The Morgan fingerprint density at radius 2 is 1.44 bits per heavy atom. The summed E-state index contributed by atoms with van der Waals surface area (Å²) in [5, 5.41) is 9.71. The lowest BCUT2D eigenvalue weighted by atomic mass is 9.87. The van der Waals surface area contributed by atoms with Gasteiger partial charge < -0.3 is 9.84 Å². The summed E-state index contributed by atoms with van der Waals surface area (Å²) in [6, 6.07) is 25.4. The Morgan fingerprint density at radius 3 is 2.06 bits per heavy atom. The monoisotopic (exact) mass is 427 g/mol. The van der Waals surface area contributed by atoms with Crippen LogP contribution in [0.15, 0.2) is 78.9 Å². The Morgan fingerprint density at radius 1 is 0.844 bits per heavy atom. The van der Waals surface area contributed by atoms with Crippen LogP contribution < -0.4 is 0 Å². The summed E-state index contributed by atoms with van der Waals surface area (Å²) in [4.78, 5) is 26.4. The number of amides is 1. The molecule has 2 atom stereocenters. The molecule has 3 aromatic rings. The summed E-state index contributed by atoms with van der Waals surface area (Å²) in [5.74, 6) is -0.929. The van der Waals surface area contributed by atoms with Gasteiger partial charge in [-0.1, -0.05) is 78.9 Å². The molecule has 0 spiro atoms. The van der Waals surface area contributed by atoms with E-state index >= 15 is 0 Å². The van der Waals surface area contributed by atoms with Crippen molar-refractivity contribution in [1.82, 2.24) is 4.90 Å². The van der Waals surface area contributed by atoms with Crippen LogP contribution in [0.2, 0.25) is 0 Å². The van der Waals surface area contributed by atoms with Gasteiger partial charge in [-0.25, -0.2) is 9.59 Å². The lowest BCUT2D eigenvalue weighted by Crippen LogP contribution is -2.50. The minimum absolute atomic E-state index is 0.0515. The Kier molecular flexibility index (Phi) is 5.39. The van der Waals surface area contributed by atoms with Gasteiger partial charge in [-0.3, -0.25) is 4.90 Å². The number of carboxylic acids is 1. The highest BCUT2D eigenvalue weighted by molar-refractivity contribution is 5.81. The molecular formula is C27H25NO4. The van der Waals surface area contributed by atoms with Crippen molar-refractivity contribution in [2.45, 2.75) is 30.7 Å². The normalized spacial score (nSPS) is 19.8. The number of carbonyl (C=O) groups is 2. The molecule has 1 heterocycles. The smallest absolute Gasteiger partial charge is 0.410 e. The quantitative estimate of drug-likeness (QED) is 0.616. The molecule has 0 radical (unpaired) electrons. The molecule has 5 rings (SSSR count). The van der Waals surface area contributed by atoms with Crippen LogP contribution in [0.25, 0.3) is 11.1 Å². The molecule has 3 aromatic carbocycles. The van der Waals surface area contributed by atoms with Crippen LogP contribution in [0.3, 0.4) is 0 Å². The van der Waals surface area contributed by atoms with Crippen molar-refractivity contribution in [1.29, 1.82) is 0 Å². The maximum absolute atomic E-state index is 13.1. The topological polar surface area (TPSA) is 66.8 Å². The minimum Gasteiger partial charge on any atom is -0.480 e. The van der Waals surface area contributed by atoms with Gasteiger partial charge in [0, 0.05) is 18.4 Å². The number of nitrogens with zero attached hydrogens (tertiary/aromatic N) is 1. The molecule has 0 aromatic heterocycles. The van der Waals surface area contributed by atoms with Gasteiger partial charge in [0.2, 0.25) is 0 Å². The Balaban J connectivity index is 1.35. The fourth-order valence-electron chi connectivity index (χ4n) is 5.10. The van der Waals surface area contributed by atoms with E-state index < -0.39 is 18.1 Å².